The van der Waals surface area contributed by atoms with E-state index in [2.05, 4.69) is 0 Å². The van der Waals surface area contributed by atoms with Crippen LogP contribution in [0.3, 0.4) is 0 Å². The van der Waals surface area contributed by atoms with Gasteiger partial charge in [0.05, 0.1) is 1.37 Å². The molecule has 136 valence electrons. The zero-order valence-corrected chi connectivity index (χ0v) is 13.9. The molecular weight excluding hydrogens is 368 g/mol. The van der Waals surface area contributed by atoms with E-state index in [0.717, 1.165) is 6.07 Å². The van der Waals surface area contributed by atoms with E-state index in [1.165, 1.54) is 0 Å². The van der Waals surface area contributed by atoms with E-state index in [0.29, 0.717) is 17.7 Å². The molecule has 1 aliphatic heterocycles. The van der Waals surface area contributed by atoms with E-state index in [1.807, 2.05) is 0 Å². The van der Waals surface area contributed by atoms with Crippen molar-refractivity contribution in [2.24, 2.45) is 5.73 Å². The minimum Gasteiger partial charge on any atom is -0.460 e. The predicted molar refractivity (Wildman–Crippen MR) is 86.6 cm³/mol. The molecular formula is C17H13F2NO5S. The van der Waals surface area contributed by atoms with Gasteiger partial charge >= 0.3 is 10.1 Å². The summed E-state index contributed by atoms with van der Waals surface area (Å²) in [4.78, 5) is 12.5. The van der Waals surface area contributed by atoms with Crippen molar-refractivity contribution in [3.63, 3.8) is 0 Å². The van der Waals surface area contributed by atoms with Crippen LogP contribution in [0.25, 0.3) is 0 Å². The van der Waals surface area contributed by atoms with Gasteiger partial charge in [0.2, 0.25) is 17.4 Å². The Labute approximate surface area is 149 Å². The zero-order chi connectivity index (χ0) is 19.8. The average molecular weight is 382 g/mol. The number of hydrogen-bond acceptors (Lipinski definition) is 6. The molecule has 0 bridgehead atoms. The van der Waals surface area contributed by atoms with Gasteiger partial charge in [-0.25, -0.2) is 8.78 Å². The number of ketones is 1. The third kappa shape index (κ3) is 3.67. The van der Waals surface area contributed by atoms with Crippen LogP contribution in [0.2, 0.25) is 0 Å². The number of Topliss-reactive ketones (excluding diaryl/α,β-unsaturated/α-hetero) is 1. The van der Waals surface area contributed by atoms with Gasteiger partial charge in [-0.2, -0.15) is 8.42 Å². The molecule has 2 N–H and O–H groups in total. The lowest BCUT2D eigenvalue weighted by Crippen LogP contribution is -2.16. The first-order valence-corrected chi connectivity index (χ1v) is 8.85. The SMILES string of the molecule is [2H][C@@]1(c2ccc(F)c(F)c2)OC(N)=C(OS(=O)(=O)Cc2ccccc2)C1=O. The first-order chi connectivity index (χ1) is 12.6. The lowest BCUT2D eigenvalue weighted by atomic mass is 10.1. The Hall–Kier alpha value is -2.94. The standard InChI is InChI=1S/C17H13F2NO5S/c18-12-7-6-11(8-13(12)19)15-14(21)16(17(20)24-15)25-26(22,23)9-10-4-2-1-3-5-10/h1-8,15H,9,20H2/t15-/m0/s1/i15D. The van der Waals surface area contributed by atoms with Gasteiger partial charge in [0.1, 0.15) is 5.75 Å². The molecule has 26 heavy (non-hydrogen) atoms. The second kappa shape index (κ2) is 6.75. The van der Waals surface area contributed by atoms with Crippen LogP contribution in [0.1, 0.15) is 18.6 Å². The van der Waals surface area contributed by atoms with Crippen LogP contribution in [0.4, 0.5) is 8.78 Å². The quantitative estimate of drug-likeness (QED) is 0.797. The Morgan fingerprint density at radius 1 is 1.15 bits per heavy atom. The lowest BCUT2D eigenvalue weighted by molar-refractivity contribution is -0.123. The van der Waals surface area contributed by atoms with Gasteiger partial charge in [-0.1, -0.05) is 36.4 Å². The molecule has 1 heterocycles. The van der Waals surface area contributed by atoms with Gasteiger partial charge in [0.15, 0.2) is 17.7 Å². The minimum absolute atomic E-state index is 0.367. The Morgan fingerprint density at radius 3 is 2.50 bits per heavy atom. The van der Waals surface area contributed by atoms with E-state index in [1.54, 1.807) is 30.3 Å². The molecule has 0 aliphatic carbocycles. The summed E-state index contributed by atoms with van der Waals surface area (Å²) in [6.45, 7) is 0. The maximum Gasteiger partial charge on any atom is 0.313 e. The topological polar surface area (TPSA) is 95.7 Å². The van der Waals surface area contributed by atoms with Gasteiger partial charge in [-0.15, -0.1) is 0 Å². The molecule has 0 saturated heterocycles. The maximum absolute atomic E-state index is 13.4. The van der Waals surface area contributed by atoms with E-state index >= 15 is 0 Å². The van der Waals surface area contributed by atoms with E-state index in [-0.39, 0.29) is 5.56 Å². The zero-order valence-electron chi connectivity index (χ0n) is 14.1. The van der Waals surface area contributed by atoms with Crippen LogP contribution in [0, 0.1) is 11.6 Å². The van der Waals surface area contributed by atoms with Gasteiger partial charge < -0.3 is 14.7 Å². The summed E-state index contributed by atoms with van der Waals surface area (Å²) >= 11 is 0. The van der Waals surface area contributed by atoms with Crippen molar-refractivity contribution >= 4 is 15.9 Å². The summed E-state index contributed by atoms with van der Waals surface area (Å²) in [7, 11) is -4.29. The van der Waals surface area contributed by atoms with Crippen LogP contribution < -0.4 is 5.73 Å². The molecule has 0 radical (unpaired) electrons. The summed E-state index contributed by atoms with van der Waals surface area (Å²) in [6.07, 6.45) is -2.59. The van der Waals surface area contributed by atoms with Gasteiger partial charge in [0, 0.05) is 5.56 Å². The van der Waals surface area contributed by atoms with Crippen LogP contribution in [-0.2, 0) is 29.6 Å². The number of carbonyl (C=O) groups excluding carboxylic acids is 1. The van der Waals surface area contributed by atoms with Crippen LogP contribution in [-0.4, -0.2) is 14.2 Å². The monoisotopic (exact) mass is 382 g/mol. The van der Waals surface area contributed by atoms with Crippen LogP contribution >= 0.6 is 0 Å². The summed E-state index contributed by atoms with van der Waals surface area (Å²) in [5.74, 6) is -5.91. The third-order valence-corrected chi connectivity index (χ3v) is 4.53. The number of benzene rings is 2. The molecule has 3 rings (SSSR count). The normalized spacial score (nSPS) is 20.7. The summed E-state index contributed by atoms with van der Waals surface area (Å²) in [6, 6.07) is 10.3. The van der Waals surface area contributed by atoms with Gasteiger partial charge in [-0.05, 0) is 17.7 Å². The highest BCUT2D eigenvalue weighted by Crippen LogP contribution is 2.33. The van der Waals surface area contributed by atoms with Crippen molar-refractivity contribution in [1.82, 2.24) is 0 Å². The average Bonchev–Trinajstić information content (AvgIpc) is 2.81. The lowest BCUT2D eigenvalue weighted by Gasteiger charge is -2.10. The van der Waals surface area contributed by atoms with E-state index < -0.39 is 51.0 Å². The van der Waals surface area contributed by atoms with Crippen molar-refractivity contribution in [3.05, 3.63) is 82.9 Å². The number of carbonyl (C=O) groups is 1. The summed E-state index contributed by atoms with van der Waals surface area (Å²) in [5, 5.41) is 0. The smallest absolute Gasteiger partial charge is 0.313 e. The molecule has 0 fully saturated rings. The Kier molecular flexibility index (Phi) is 4.29. The second-order valence-electron chi connectivity index (χ2n) is 5.35. The fraction of sp³-hybridized carbons (Fsp3) is 0.118. The molecule has 6 nitrogen and oxygen atoms in total. The fourth-order valence-electron chi connectivity index (χ4n) is 2.26. The van der Waals surface area contributed by atoms with E-state index in [4.69, 9.17) is 16.0 Å². The first kappa shape index (κ1) is 16.5. The third-order valence-electron chi connectivity index (χ3n) is 3.43. The minimum atomic E-state index is -4.29. The maximum atomic E-state index is 13.4. The van der Waals surface area contributed by atoms with Gasteiger partial charge in [0.25, 0.3) is 0 Å². The summed E-state index contributed by atoms with van der Waals surface area (Å²) in [5.41, 5.74) is 5.55. The van der Waals surface area contributed by atoms with Crippen molar-refractivity contribution in [3.8, 4) is 0 Å². The Balaban J connectivity index is 1.86. The highest BCUT2D eigenvalue weighted by atomic mass is 32.2. The molecule has 1 aliphatic rings. The highest BCUT2D eigenvalue weighted by Gasteiger charge is 2.39. The molecule has 9 heteroatoms. The fourth-order valence-corrected chi connectivity index (χ4v) is 3.33. The molecule has 2 aromatic carbocycles. The Morgan fingerprint density at radius 2 is 1.85 bits per heavy atom. The highest BCUT2D eigenvalue weighted by molar-refractivity contribution is 7.86. The molecule has 2 aromatic rings. The summed E-state index contributed by atoms with van der Waals surface area (Å²) < 4.78 is 68.8. The number of ether oxygens (including phenoxy) is 1. The Bertz CT molecular complexity index is 1040. The van der Waals surface area contributed by atoms with Crippen molar-refractivity contribution in [1.29, 1.82) is 0 Å². The number of hydrogen-bond donors (Lipinski definition) is 1. The second-order valence-corrected chi connectivity index (χ2v) is 6.92. The molecule has 0 amide bonds. The first-order valence-electron chi connectivity index (χ1n) is 7.77. The number of halogens is 2. The van der Waals surface area contributed by atoms with Crippen LogP contribution in [0.15, 0.2) is 60.2 Å². The van der Waals surface area contributed by atoms with Crippen molar-refractivity contribution in [2.45, 2.75) is 11.8 Å². The predicted octanol–water partition coefficient (Wildman–Crippen LogP) is 2.28. The molecule has 0 spiro atoms. The largest absolute Gasteiger partial charge is 0.460 e. The van der Waals surface area contributed by atoms with Crippen molar-refractivity contribution in [2.75, 3.05) is 0 Å². The van der Waals surface area contributed by atoms with Gasteiger partial charge in [-0.3, -0.25) is 4.79 Å². The molecule has 0 unspecified atom stereocenters. The van der Waals surface area contributed by atoms with Crippen LogP contribution in [0.5, 0.6) is 0 Å². The van der Waals surface area contributed by atoms with E-state index in [9.17, 15) is 22.0 Å². The number of nitrogens with two attached hydrogens (primary N) is 1. The van der Waals surface area contributed by atoms with Crippen molar-refractivity contribution < 1.29 is 32.3 Å². The molecule has 0 aromatic heterocycles. The number of rotatable bonds is 5. The molecule has 1 atom stereocenters. The molecule has 0 saturated carbocycles.